The molecule has 7 heteroatoms. The molecule has 0 aliphatic carbocycles. The summed E-state index contributed by atoms with van der Waals surface area (Å²) in [6, 6.07) is 8.35. The van der Waals surface area contributed by atoms with Crippen molar-refractivity contribution >= 4 is 21.4 Å². The number of benzene rings is 1. The van der Waals surface area contributed by atoms with Gasteiger partial charge in [-0.3, -0.25) is 0 Å². The molecule has 0 fully saturated rings. The lowest BCUT2D eigenvalue weighted by molar-refractivity contribution is 0.507. The van der Waals surface area contributed by atoms with E-state index in [-0.39, 0.29) is 4.90 Å². The topological polar surface area (TPSA) is 79.8 Å². The molecule has 0 aliphatic heterocycles. The second-order valence-corrected chi connectivity index (χ2v) is 7.10. The fraction of sp³-hybridized carbons (Fsp3) is 0.286. The second kappa shape index (κ2) is 5.79. The van der Waals surface area contributed by atoms with E-state index in [9.17, 15) is 8.42 Å². The van der Waals surface area contributed by atoms with Gasteiger partial charge in [-0.1, -0.05) is 0 Å². The minimum atomic E-state index is -3.48. The van der Waals surface area contributed by atoms with Gasteiger partial charge in [0.2, 0.25) is 10.0 Å². The maximum atomic E-state index is 12.2. The van der Waals surface area contributed by atoms with Gasteiger partial charge in [-0.05, 0) is 30.3 Å². The van der Waals surface area contributed by atoms with Crippen molar-refractivity contribution in [2.75, 3.05) is 31.8 Å². The molecule has 2 N–H and O–H groups in total. The Morgan fingerprint density at radius 1 is 1.19 bits per heavy atom. The predicted molar refractivity (Wildman–Crippen MR) is 82.5 cm³/mol. The molecule has 1 aromatic carbocycles. The van der Waals surface area contributed by atoms with Crippen molar-refractivity contribution in [3.05, 3.63) is 42.4 Å². The summed E-state index contributed by atoms with van der Waals surface area (Å²) in [5.41, 5.74) is 7.12. The van der Waals surface area contributed by atoms with Crippen molar-refractivity contribution in [3.8, 4) is 0 Å². The first kappa shape index (κ1) is 15.4. The fourth-order valence-electron chi connectivity index (χ4n) is 1.95. The van der Waals surface area contributed by atoms with Gasteiger partial charge in [0.25, 0.3) is 0 Å². The highest BCUT2D eigenvalue weighted by atomic mass is 32.2. The average molecular weight is 309 g/mol. The molecule has 0 aliphatic rings. The summed E-state index contributed by atoms with van der Waals surface area (Å²) in [6.07, 6.45) is 1.60. The highest BCUT2D eigenvalue weighted by Crippen LogP contribution is 2.28. The molecule has 0 atom stereocenters. The van der Waals surface area contributed by atoms with Gasteiger partial charge >= 0.3 is 0 Å². The quantitative estimate of drug-likeness (QED) is 0.851. The van der Waals surface area contributed by atoms with Crippen molar-refractivity contribution in [1.82, 2.24) is 4.31 Å². The molecule has 0 saturated heterocycles. The van der Waals surface area contributed by atoms with Crippen LogP contribution in [-0.4, -0.2) is 33.9 Å². The van der Waals surface area contributed by atoms with E-state index in [0.717, 1.165) is 5.76 Å². The van der Waals surface area contributed by atoms with E-state index < -0.39 is 10.0 Å². The fourth-order valence-corrected chi connectivity index (χ4v) is 2.87. The Kier molecular flexibility index (Phi) is 4.24. The van der Waals surface area contributed by atoms with Gasteiger partial charge in [-0.15, -0.1) is 0 Å². The predicted octanol–water partition coefficient (Wildman–Crippen LogP) is 1.75. The summed E-state index contributed by atoms with van der Waals surface area (Å²) in [6.45, 7) is 0.503. The van der Waals surface area contributed by atoms with Crippen LogP contribution in [-0.2, 0) is 16.6 Å². The normalized spacial score (nSPS) is 11.8. The first-order valence-electron chi connectivity index (χ1n) is 6.38. The third-order valence-corrected chi connectivity index (χ3v) is 4.98. The third-order valence-electron chi connectivity index (χ3n) is 3.16. The second-order valence-electron chi connectivity index (χ2n) is 4.94. The number of nitrogen functional groups attached to an aromatic ring is 1. The summed E-state index contributed by atoms with van der Waals surface area (Å²) in [4.78, 5) is 2.06. The Hall–Kier alpha value is -1.99. The van der Waals surface area contributed by atoms with Crippen LogP contribution >= 0.6 is 0 Å². The highest BCUT2D eigenvalue weighted by molar-refractivity contribution is 7.89. The van der Waals surface area contributed by atoms with E-state index in [4.69, 9.17) is 10.2 Å². The zero-order valence-corrected chi connectivity index (χ0v) is 13.1. The minimum Gasteiger partial charge on any atom is -0.467 e. The highest BCUT2D eigenvalue weighted by Gasteiger charge is 2.19. The van der Waals surface area contributed by atoms with Crippen LogP contribution in [0.25, 0.3) is 0 Å². The molecule has 2 rings (SSSR count). The van der Waals surface area contributed by atoms with Crippen LogP contribution in [0.3, 0.4) is 0 Å². The van der Waals surface area contributed by atoms with Crippen molar-refractivity contribution in [2.24, 2.45) is 0 Å². The van der Waals surface area contributed by atoms with Gasteiger partial charge in [0.1, 0.15) is 5.76 Å². The average Bonchev–Trinajstić information content (AvgIpc) is 2.91. The lowest BCUT2D eigenvalue weighted by Crippen LogP contribution is -2.23. The molecule has 0 amide bonds. The molecule has 6 nitrogen and oxygen atoms in total. The Bertz CT molecular complexity index is 709. The van der Waals surface area contributed by atoms with Crippen LogP contribution in [0.4, 0.5) is 11.4 Å². The van der Waals surface area contributed by atoms with Crippen LogP contribution in [0.1, 0.15) is 5.76 Å². The molecular weight excluding hydrogens is 290 g/mol. The van der Waals surface area contributed by atoms with E-state index in [1.165, 1.54) is 24.5 Å². The summed E-state index contributed by atoms with van der Waals surface area (Å²) < 4.78 is 30.8. The van der Waals surface area contributed by atoms with E-state index in [0.29, 0.717) is 17.9 Å². The zero-order chi connectivity index (χ0) is 15.6. The van der Waals surface area contributed by atoms with Crippen LogP contribution in [0.5, 0.6) is 0 Å². The molecule has 0 bridgehead atoms. The SMILES string of the molecule is CN(Cc1ccco1)c1cc(S(=O)(=O)N(C)C)ccc1N. The Morgan fingerprint density at radius 3 is 2.48 bits per heavy atom. The number of hydrogen-bond acceptors (Lipinski definition) is 5. The summed E-state index contributed by atoms with van der Waals surface area (Å²) >= 11 is 0. The Labute approximate surface area is 124 Å². The number of furan rings is 1. The maximum Gasteiger partial charge on any atom is 0.242 e. The van der Waals surface area contributed by atoms with Crippen molar-refractivity contribution in [3.63, 3.8) is 0 Å². The number of anilines is 2. The molecule has 0 saturated carbocycles. The number of hydrogen-bond donors (Lipinski definition) is 1. The van der Waals surface area contributed by atoms with E-state index >= 15 is 0 Å². The van der Waals surface area contributed by atoms with Gasteiger partial charge in [-0.25, -0.2) is 12.7 Å². The molecule has 21 heavy (non-hydrogen) atoms. The third kappa shape index (κ3) is 3.20. The molecule has 0 radical (unpaired) electrons. The van der Waals surface area contributed by atoms with Crippen LogP contribution < -0.4 is 10.6 Å². The number of nitrogens with zero attached hydrogens (tertiary/aromatic N) is 2. The number of sulfonamides is 1. The summed E-state index contributed by atoms with van der Waals surface area (Å²) in [5.74, 6) is 0.776. The maximum absolute atomic E-state index is 12.2. The largest absolute Gasteiger partial charge is 0.467 e. The summed E-state index contributed by atoms with van der Waals surface area (Å²) in [7, 11) is 1.35. The molecule has 114 valence electrons. The van der Waals surface area contributed by atoms with Gasteiger partial charge in [0, 0.05) is 21.1 Å². The van der Waals surface area contributed by atoms with Crippen molar-refractivity contribution in [2.45, 2.75) is 11.4 Å². The molecule has 2 aromatic rings. The van der Waals surface area contributed by atoms with Gasteiger partial charge in [0.15, 0.2) is 0 Å². The van der Waals surface area contributed by atoms with Crippen LogP contribution in [0.2, 0.25) is 0 Å². The van der Waals surface area contributed by atoms with Crippen molar-refractivity contribution in [1.29, 1.82) is 0 Å². The molecular formula is C14H19N3O3S. The molecule has 1 heterocycles. The number of nitrogens with two attached hydrogens (primary N) is 1. The van der Waals surface area contributed by atoms with Crippen LogP contribution in [0.15, 0.2) is 45.9 Å². The standard InChI is InChI=1S/C14H19N3O3S/c1-16(2)21(18,19)12-6-7-13(15)14(9-12)17(3)10-11-5-4-8-20-11/h4-9H,10,15H2,1-3H3. The van der Waals surface area contributed by atoms with E-state index in [2.05, 4.69) is 0 Å². The number of rotatable bonds is 5. The van der Waals surface area contributed by atoms with Crippen LogP contribution in [0, 0.1) is 0 Å². The Morgan fingerprint density at radius 2 is 1.90 bits per heavy atom. The zero-order valence-electron chi connectivity index (χ0n) is 12.3. The van der Waals surface area contributed by atoms with E-state index in [1.807, 2.05) is 18.0 Å². The molecule has 0 unspecified atom stereocenters. The van der Waals surface area contributed by atoms with Crippen molar-refractivity contribution < 1.29 is 12.8 Å². The molecule has 1 aromatic heterocycles. The summed E-state index contributed by atoms with van der Waals surface area (Å²) in [5, 5.41) is 0. The smallest absolute Gasteiger partial charge is 0.242 e. The van der Waals surface area contributed by atoms with Gasteiger partial charge < -0.3 is 15.1 Å². The first-order valence-corrected chi connectivity index (χ1v) is 7.82. The lowest BCUT2D eigenvalue weighted by atomic mass is 10.2. The van der Waals surface area contributed by atoms with Gasteiger partial charge in [-0.2, -0.15) is 0 Å². The van der Waals surface area contributed by atoms with Gasteiger partial charge in [0.05, 0.1) is 29.1 Å². The minimum absolute atomic E-state index is 0.211. The Balaban J connectivity index is 2.35. The van der Waals surface area contributed by atoms with E-state index in [1.54, 1.807) is 24.5 Å². The first-order chi connectivity index (χ1) is 9.82. The molecule has 0 spiro atoms. The monoisotopic (exact) mass is 309 g/mol. The lowest BCUT2D eigenvalue weighted by Gasteiger charge is -2.21.